The fraction of sp³-hybridized carbons (Fsp3) is 0.0667. The highest BCUT2D eigenvalue weighted by molar-refractivity contribution is 9.10. The van der Waals surface area contributed by atoms with Crippen LogP contribution in [0.3, 0.4) is 0 Å². The molecule has 0 heterocycles. The predicted molar refractivity (Wildman–Crippen MR) is 81.6 cm³/mol. The van der Waals surface area contributed by atoms with Gasteiger partial charge < -0.3 is 4.74 Å². The number of hydrazine groups is 1. The SMILES string of the molecule is O=C(COc1cccc(F)c1)NNC(=O)c1cccc(Br)c1. The first-order valence-electron chi connectivity index (χ1n) is 6.28. The Labute approximate surface area is 134 Å². The molecule has 0 aliphatic rings. The normalized spacial score (nSPS) is 9.91. The first-order valence-corrected chi connectivity index (χ1v) is 7.07. The molecule has 0 saturated carbocycles. The number of nitrogens with one attached hydrogen (secondary N) is 2. The Morgan fingerprint density at radius 2 is 1.86 bits per heavy atom. The van der Waals surface area contributed by atoms with Gasteiger partial charge in [0.2, 0.25) is 0 Å². The molecule has 114 valence electrons. The van der Waals surface area contributed by atoms with Gasteiger partial charge in [-0.05, 0) is 30.3 Å². The maximum atomic E-state index is 12.9. The van der Waals surface area contributed by atoms with E-state index in [2.05, 4.69) is 26.8 Å². The van der Waals surface area contributed by atoms with Crippen LogP contribution < -0.4 is 15.6 Å². The Morgan fingerprint density at radius 3 is 2.59 bits per heavy atom. The van der Waals surface area contributed by atoms with Crippen molar-refractivity contribution < 1.29 is 18.7 Å². The number of carbonyl (C=O) groups excluding carboxylic acids is 2. The summed E-state index contributed by atoms with van der Waals surface area (Å²) in [5.41, 5.74) is 4.86. The molecule has 0 bridgehead atoms. The van der Waals surface area contributed by atoms with Gasteiger partial charge in [0, 0.05) is 16.1 Å². The molecule has 7 heteroatoms. The molecule has 5 nitrogen and oxygen atoms in total. The molecule has 0 unspecified atom stereocenters. The summed E-state index contributed by atoms with van der Waals surface area (Å²) >= 11 is 3.25. The molecule has 2 aromatic rings. The minimum Gasteiger partial charge on any atom is -0.484 e. The van der Waals surface area contributed by atoms with Crippen molar-refractivity contribution in [2.45, 2.75) is 0 Å². The molecule has 2 aromatic carbocycles. The van der Waals surface area contributed by atoms with Crippen molar-refractivity contribution in [3.8, 4) is 5.75 Å². The molecule has 0 aliphatic heterocycles. The van der Waals surface area contributed by atoms with E-state index in [-0.39, 0.29) is 12.4 Å². The van der Waals surface area contributed by atoms with Gasteiger partial charge in [-0.25, -0.2) is 4.39 Å². The second-order valence-corrected chi connectivity index (χ2v) is 5.17. The summed E-state index contributed by atoms with van der Waals surface area (Å²) in [4.78, 5) is 23.3. The van der Waals surface area contributed by atoms with Crippen LogP contribution >= 0.6 is 15.9 Å². The lowest BCUT2D eigenvalue weighted by Gasteiger charge is -2.09. The van der Waals surface area contributed by atoms with Gasteiger partial charge in [0.15, 0.2) is 6.61 Å². The van der Waals surface area contributed by atoms with E-state index >= 15 is 0 Å². The summed E-state index contributed by atoms with van der Waals surface area (Å²) in [7, 11) is 0. The van der Waals surface area contributed by atoms with Crippen LogP contribution in [-0.4, -0.2) is 18.4 Å². The maximum Gasteiger partial charge on any atom is 0.276 e. The van der Waals surface area contributed by atoms with Crippen molar-refractivity contribution in [2.24, 2.45) is 0 Å². The summed E-state index contributed by atoms with van der Waals surface area (Å²) in [6.45, 7) is -0.345. The molecule has 2 amide bonds. The number of amides is 2. The Morgan fingerprint density at radius 1 is 1.09 bits per heavy atom. The third kappa shape index (κ3) is 4.85. The van der Waals surface area contributed by atoms with Crippen molar-refractivity contribution in [2.75, 3.05) is 6.61 Å². The van der Waals surface area contributed by atoms with Gasteiger partial charge in [0.25, 0.3) is 11.8 Å². The Bertz CT molecular complexity index is 694. The molecular weight excluding hydrogens is 355 g/mol. The monoisotopic (exact) mass is 366 g/mol. The fourth-order valence-corrected chi connectivity index (χ4v) is 1.97. The number of carbonyl (C=O) groups is 2. The molecule has 0 atom stereocenters. The van der Waals surface area contributed by atoms with Crippen LogP contribution in [0.5, 0.6) is 5.75 Å². The Kier molecular flexibility index (Phi) is 5.48. The van der Waals surface area contributed by atoms with Gasteiger partial charge in [0.05, 0.1) is 0 Å². The summed E-state index contributed by atoms with van der Waals surface area (Å²) in [5, 5.41) is 0. The first kappa shape index (κ1) is 16.0. The van der Waals surface area contributed by atoms with E-state index < -0.39 is 17.6 Å². The predicted octanol–water partition coefficient (Wildman–Crippen LogP) is 2.43. The van der Waals surface area contributed by atoms with Crippen LogP contribution in [0.4, 0.5) is 4.39 Å². The van der Waals surface area contributed by atoms with Crippen LogP contribution in [0.1, 0.15) is 10.4 Å². The van der Waals surface area contributed by atoms with Crippen LogP contribution in [0.2, 0.25) is 0 Å². The van der Waals surface area contributed by atoms with E-state index in [9.17, 15) is 14.0 Å². The third-order valence-electron chi connectivity index (χ3n) is 2.57. The van der Waals surface area contributed by atoms with Crippen LogP contribution in [0.15, 0.2) is 53.0 Å². The molecule has 0 spiro atoms. The average molecular weight is 367 g/mol. The molecule has 0 radical (unpaired) electrons. The van der Waals surface area contributed by atoms with E-state index in [4.69, 9.17) is 4.74 Å². The van der Waals surface area contributed by atoms with Crippen LogP contribution in [0.25, 0.3) is 0 Å². The van der Waals surface area contributed by atoms with E-state index in [0.29, 0.717) is 5.56 Å². The van der Waals surface area contributed by atoms with Crippen LogP contribution in [-0.2, 0) is 4.79 Å². The van der Waals surface area contributed by atoms with Crippen molar-refractivity contribution in [3.63, 3.8) is 0 Å². The molecular formula is C15H12BrFN2O3. The lowest BCUT2D eigenvalue weighted by atomic mass is 10.2. The summed E-state index contributed by atoms with van der Waals surface area (Å²) in [6.07, 6.45) is 0. The topological polar surface area (TPSA) is 67.4 Å². The second kappa shape index (κ2) is 7.56. The number of halogens is 2. The highest BCUT2D eigenvalue weighted by Crippen LogP contribution is 2.12. The summed E-state index contributed by atoms with van der Waals surface area (Å²) in [6, 6.07) is 12.1. The highest BCUT2D eigenvalue weighted by Gasteiger charge is 2.08. The van der Waals surface area contributed by atoms with Gasteiger partial charge in [0.1, 0.15) is 11.6 Å². The molecule has 0 aliphatic carbocycles. The zero-order chi connectivity index (χ0) is 15.9. The highest BCUT2D eigenvalue weighted by atomic mass is 79.9. The Hall–Kier alpha value is -2.41. The minimum absolute atomic E-state index is 0.230. The quantitative estimate of drug-likeness (QED) is 0.816. The second-order valence-electron chi connectivity index (χ2n) is 4.26. The number of rotatable bonds is 4. The lowest BCUT2D eigenvalue weighted by molar-refractivity contribution is -0.123. The minimum atomic E-state index is -0.562. The molecule has 0 fully saturated rings. The van der Waals surface area contributed by atoms with E-state index in [0.717, 1.165) is 10.5 Å². The fourth-order valence-electron chi connectivity index (χ4n) is 1.57. The lowest BCUT2D eigenvalue weighted by Crippen LogP contribution is -2.43. The van der Waals surface area contributed by atoms with Crippen molar-refractivity contribution in [1.29, 1.82) is 0 Å². The summed E-state index contributed by atoms with van der Waals surface area (Å²) < 4.78 is 18.8. The maximum absolute atomic E-state index is 12.9. The van der Waals surface area contributed by atoms with E-state index in [1.54, 1.807) is 24.3 Å². The number of hydrogen-bond donors (Lipinski definition) is 2. The molecule has 22 heavy (non-hydrogen) atoms. The van der Waals surface area contributed by atoms with Gasteiger partial charge in [-0.3, -0.25) is 20.4 Å². The molecule has 0 aromatic heterocycles. The zero-order valence-corrected chi connectivity index (χ0v) is 12.9. The smallest absolute Gasteiger partial charge is 0.276 e. The number of ether oxygens (including phenoxy) is 1. The van der Waals surface area contributed by atoms with Crippen LogP contribution in [0, 0.1) is 5.82 Å². The molecule has 2 N–H and O–H groups in total. The first-order chi connectivity index (χ1) is 10.5. The third-order valence-corrected chi connectivity index (χ3v) is 3.06. The molecule has 0 saturated heterocycles. The van der Waals surface area contributed by atoms with Crippen molar-refractivity contribution in [1.82, 2.24) is 10.9 Å². The average Bonchev–Trinajstić information content (AvgIpc) is 2.50. The van der Waals surface area contributed by atoms with Gasteiger partial charge in [-0.1, -0.05) is 28.1 Å². The van der Waals surface area contributed by atoms with Crippen molar-refractivity contribution in [3.05, 3.63) is 64.4 Å². The standard InChI is InChI=1S/C15H12BrFN2O3/c16-11-4-1-3-10(7-11)15(21)19-18-14(20)9-22-13-6-2-5-12(17)8-13/h1-8H,9H2,(H,18,20)(H,19,21). The molecule has 2 rings (SSSR count). The number of benzene rings is 2. The van der Waals surface area contributed by atoms with Crippen molar-refractivity contribution >= 4 is 27.7 Å². The van der Waals surface area contributed by atoms with E-state index in [1.165, 1.54) is 18.2 Å². The van der Waals surface area contributed by atoms with Gasteiger partial charge in [-0.15, -0.1) is 0 Å². The largest absolute Gasteiger partial charge is 0.484 e. The number of hydrogen-bond acceptors (Lipinski definition) is 3. The van der Waals surface area contributed by atoms with E-state index in [1.807, 2.05) is 0 Å². The van der Waals surface area contributed by atoms with Gasteiger partial charge in [-0.2, -0.15) is 0 Å². The van der Waals surface area contributed by atoms with Gasteiger partial charge >= 0.3 is 0 Å². The Balaban J connectivity index is 1.79. The zero-order valence-electron chi connectivity index (χ0n) is 11.3. The summed E-state index contributed by atoms with van der Waals surface area (Å²) in [5.74, 6) is -1.25.